The third-order valence-electron chi connectivity index (χ3n) is 3.49. The third-order valence-corrected chi connectivity index (χ3v) is 6.45. The standard InChI is InChI=1S/C14H22N2O3S2/c1-3-19-12-6-5-11(15)9-13(12)21(17,18)16-10-14(2)7-4-8-20-14/h5-6,9,16H,3-4,7-8,10,15H2,1-2H3. The number of nitrogens with one attached hydrogen (secondary N) is 1. The van der Waals surface area contributed by atoms with E-state index in [4.69, 9.17) is 10.5 Å². The molecule has 7 heteroatoms. The van der Waals surface area contributed by atoms with Crippen LogP contribution in [0.1, 0.15) is 26.7 Å². The Labute approximate surface area is 130 Å². The minimum Gasteiger partial charge on any atom is -0.492 e. The van der Waals surface area contributed by atoms with Crippen molar-refractivity contribution in [1.82, 2.24) is 4.72 Å². The van der Waals surface area contributed by atoms with E-state index in [0.29, 0.717) is 24.6 Å². The van der Waals surface area contributed by atoms with Crippen molar-refractivity contribution in [2.75, 3.05) is 24.6 Å². The predicted octanol–water partition coefficient (Wildman–Crippen LogP) is 2.23. The first-order valence-corrected chi connectivity index (χ1v) is 9.49. The molecule has 1 fully saturated rings. The first-order chi connectivity index (χ1) is 9.86. The molecular formula is C14H22N2O3S2. The fraction of sp³-hybridized carbons (Fsp3) is 0.571. The van der Waals surface area contributed by atoms with Crippen LogP contribution in [-0.2, 0) is 10.0 Å². The van der Waals surface area contributed by atoms with Crippen molar-refractivity contribution in [1.29, 1.82) is 0 Å². The quantitative estimate of drug-likeness (QED) is 0.782. The van der Waals surface area contributed by atoms with Gasteiger partial charge in [0.25, 0.3) is 0 Å². The largest absolute Gasteiger partial charge is 0.492 e. The highest BCUT2D eigenvalue weighted by Gasteiger charge is 2.31. The summed E-state index contributed by atoms with van der Waals surface area (Å²) in [5.41, 5.74) is 6.12. The van der Waals surface area contributed by atoms with Gasteiger partial charge in [-0.3, -0.25) is 0 Å². The predicted molar refractivity (Wildman–Crippen MR) is 87.3 cm³/mol. The fourth-order valence-corrected chi connectivity index (χ4v) is 4.99. The Morgan fingerprint density at radius 1 is 1.48 bits per heavy atom. The fourth-order valence-electron chi connectivity index (χ4n) is 2.31. The van der Waals surface area contributed by atoms with Gasteiger partial charge in [-0.15, -0.1) is 0 Å². The second-order valence-corrected chi connectivity index (χ2v) is 8.78. The minimum absolute atomic E-state index is 0.0286. The molecule has 1 unspecified atom stereocenters. The summed E-state index contributed by atoms with van der Waals surface area (Å²) < 4.78 is 33.1. The number of thioether (sulfide) groups is 1. The van der Waals surface area contributed by atoms with Crippen LogP contribution in [0.15, 0.2) is 23.1 Å². The van der Waals surface area contributed by atoms with Crippen molar-refractivity contribution < 1.29 is 13.2 Å². The molecule has 3 N–H and O–H groups in total. The van der Waals surface area contributed by atoms with E-state index in [0.717, 1.165) is 18.6 Å². The summed E-state index contributed by atoms with van der Waals surface area (Å²) in [5.74, 6) is 1.42. The molecule has 0 aliphatic carbocycles. The highest BCUT2D eigenvalue weighted by Crippen LogP contribution is 2.37. The number of sulfonamides is 1. The van der Waals surface area contributed by atoms with Crippen LogP contribution < -0.4 is 15.2 Å². The Hall–Kier alpha value is -0.920. The van der Waals surface area contributed by atoms with Crippen LogP contribution in [0.3, 0.4) is 0 Å². The normalized spacial score (nSPS) is 22.4. The molecule has 1 heterocycles. The summed E-state index contributed by atoms with van der Waals surface area (Å²) >= 11 is 1.82. The van der Waals surface area contributed by atoms with Gasteiger partial charge in [0.05, 0.1) is 6.61 Å². The third kappa shape index (κ3) is 4.05. The molecule has 21 heavy (non-hydrogen) atoms. The first kappa shape index (κ1) is 16.5. The van der Waals surface area contributed by atoms with Crippen molar-refractivity contribution in [2.45, 2.75) is 36.3 Å². The average Bonchev–Trinajstić information content (AvgIpc) is 2.87. The molecule has 0 radical (unpaired) electrons. The van der Waals surface area contributed by atoms with Crippen LogP contribution >= 0.6 is 11.8 Å². The van der Waals surface area contributed by atoms with E-state index in [1.807, 2.05) is 18.7 Å². The van der Waals surface area contributed by atoms with E-state index in [-0.39, 0.29) is 9.64 Å². The molecule has 1 aliphatic rings. The summed E-state index contributed by atoms with van der Waals surface area (Å²) in [6.07, 6.45) is 2.15. The van der Waals surface area contributed by atoms with Gasteiger partial charge in [0.2, 0.25) is 10.0 Å². The van der Waals surface area contributed by atoms with Gasteiger partial charge in [0, 0.05) is 17.0 Å². The molecule has 0 aromatic heterocycles. The Morgan fingerprint density at radius 3 is 2.86 bits per heavy atom. The number of rotatable bonds is 6. The highest BCUT2D eigenvalue weighted by molar-refractivity contribution is 8.01. The Morgan fingerprint density at radius 2 is 2.24 bits per heavy atom. The van der Waals surface area contributed by atoms with Gasteiger partial charge < -0.3 is 10.5 Å². The van der Waals surface area contributed by atoms with Gasteiger partial charge >= 0.3 is 0 Å². The number of nitrogen functional groups attached to an aromatic ring is 1. The molecule has 1 aromatic carbocycles. The minimum atomic E-state index is -3.63. The van der Waals surface area contributed by atoms with Crippen LogP contribution in [0.5, 0.6) is 5.75 Å². The van der Waals surface area contributed by atoms with Gasteiger partial charge in [-0.05, 0) is 50.6 Å². The number of benzene rings is 1. The average molecular weight is 330 g/mol. The van der Waals surface area contributed by atoms with E-state index in [1.165, 1.54) is 6.07 Å². The summed E-state index contributed by atoms with van der Waals surface area (Å²) in [6.45, 7) is 4.73. The number of nitrogens with two attached hydrogens (primary N) is 1. The van der Waals surface area contributed by atoms with Crippen molar-refractivity contribution >= 4 is 27.5 Å². The van der Waals surface area contributed by atoms with Gasteiger partial charge in [-0.2, -0.15) is 11.8 Å². The molecule has 1 aliphatic heterocycles. The number of ether oxygens (including phenoxy) is 1. The topological polar surface area (TPSA) is 81.4 Å². The SMILES string of the molecule is CCOc1ccc(N)cc1S(=O)(=O)NCC1(C)CCCS1. The smallest absolute Gasteiger partial charge is 0.244 e. The van der Waals surface area contributed by atoms with Gasteiger partial charge in [-0.25, -0.2) is 13.1 Å². The molecule has 0 bridgehead atoms. The molecule has 118 valence electrons. The van der Waals surface area contributed by atoms with E-state index < -0.39 is 10.0 Å². The number of hydrogen-bond acceptors (Lipinski definition) is 5. The van der Waals surface area contributed by atoms with Crippen LogP contribution in [0.2, 0.25) is 0 Å². The summed E-state index contributed by atoms with van der Waals surface area (Å²) in [6, 6.07) is 4.68. The molecule has 2 rings (SSSR count). The Balaban J connectivity index is 2.20. The zero-order valence-corrected chi connectivity index (χ0v) is 14.0. The highest BCUT2D eigenvalue weighted by atomic mass is 32.2. The zero-order valence-electron chi connectivity index (χ0n) is 12.4. The van der Waals surface area contributed by atoms with Gasteiger partial charge in [0.15, 0.2) is 0 Å². The molecule has 0 amide bonds. The lowest BCUT2D eigenvalue weighted by molar-refractivity contribution is 0.331. The van der Waals surface area contributed by atoms with Gasteiger partial charge in [-0.1, -0.05) is 0 Å². The zero-order chi connectivity index (χ0) is 15.5. The molecular weight excluding hydrogens is 308 g/mol. The second-order valence-electron chi connectivity index (χ2n) is 5.37. The lowest BCUT2D eigenvalue weighted by atomic mass is 10.1. The lowest BCUT2D eigenvalue weighted by Gasteiger charge is -2.23. The molecule has 1 atom stereocenters. The lowest BCUT2D eigenvalue weighted by Crippen LogP contribution is -2.36. The van der Waals surface area contributed by atoms with E-state index >= 15 is 0 Å². The van der Waals surface area contributed by atoms with E-state index in [9.17, 15) is 8.42 Å². The monoisotopic (exact) mass is 330 g/mol. The van der Waals surface area contributed by atoms with Crippen molar-refractivity contribution in [3.63, 3.8) is 0 Å². The van der Waals surface area contributed by atoms with Crippen molar-refractivity contribution in [2.24, 2.45) is 0 Å². The van der Waals surface area contributed by atoms with Crippen LogP contribution in [0.25, 0.3) is 0 Å². The van der Waals surface area contributed by atoms with Crippen LogP contribution in [0.4, 0.5) is 5.69 Å². The van der Waals surface area contributed by atoms with E-state index in [1.54, 1.807) is 12.1 Å². The Bertz CT molecular complexity index is 596. The van der Waals surface area contributed by atoms with Crippen LogP contribution in [-0.4, -0.2) is 32.1 Å². The molecule has 1 saturated heterocycles. The molecule has 5 nitrogen and oxygen atoms in total. The van der Waals surface area contributed by atoms with Crippen LogP contribution in [0, 0.1) is 0 Å². The Kier molecular flexibility index (Phi) is 5.06. The summed E-state index contributed by atoms with van der Waals surface area (Å²) in [7, 11) is -3.63. The van der Waals surface area contributed by atoms with Gasteiger partial charge in [0.1, 0.15) is 10.6 Å². The summed E-state index contributed by atoms with van der Waals surface area (Å²) in [4.78, 5) is 0.107. The first-order valence-electron chi connectivity index (χ1n) is 7.02. The number of hydrogen-bond donors (Lipinski definition) is 2. The molecule has 1 aromatic rings. The molecule has 0 spiro atoms. The van der Waals surface area contributed by atoms with Crippen molar-refractivity contribution in [3.05, 3.63) is 18.2 Å². The number of anilines is 1. The maximum absolute atomic E-state index is 12.5. The van der Waals surface area contributed by atoms with E-state index in [2.05, 4.69) is 11.6 Å². The molecule has 0 saturated carbocycles. The summed E-state index contributed by atoms with van der Waals surface area (Å²) in [5, 5.41) is 0. The maximum Gasteiger partial charge on any atom is 0.244 e. The van der Waals surface area contributed by atoms with Crippen molar-refractivity contribution in [3.8, 4) is 5.75 Å². The second kappa shape index (κ2) is 6.46. The maximum atomic E-state index is 12.5.